The summed E-state index contributed by atoms with van der Waals surface area (Å²) in [6.07, 6.45) is 2.21. The highest BCUT2D eigenvalue weighted by molar-refractivity contribution is 6.11. The molecule has 8 heteroatoms. The molecule has 2 aromatic carbocycles. The molecule has 0 spiro atoms. The molecule has 0 radical (unpaired) electrons. The molecule has 8 nitrogen and oxygen atoms in total. The molecule has 3 rings (SSSR count). The molecule has 2 aromatic rings. The molecule has 0 saturated carbocycles. The number of phenols is 1. The Hall–Kier alpha value is -3.94. The van der Waals surface area contributed by atoms with E-state index in [-0.39, 0.29) is 23.5 Å². The Kier molecular flexibility index (Phi) is 7.20. The van der Waals surface area contributed by atoms with Crippen molar-refractivity contribution in [3.8, 4) is 17.2 Å². The van der Waals surface area contributed by atoms with E-state index in [9.17, 15) is 19.8 Å². The highest BCUT2D eigenvalue weighted by Crippen LogP contribution is 2.44. The molecule has 1 heterocycles. The van der Waals surface area contributed by atoms with Gasteiger partial charge in [0.2, 0.25) is 11.4 Å². The maximum atomic E-state index is 13.1. The predicted octanol–water partition coefficient (Wildman–Crippen LogP) is 3.90. The number of allylic oxidation sites excluding steroid dienone is 2. The average molecular weight is 469 g/mol. The Labute approximate surface area is 198 Å². The van der Waals surface area contributed by atoms with Gasteiger partial charge in [0, 0.05) is 12.0 Å². The number of rotatable bonds is 8. The molecular formula is C26H28O8. The van der Waals surface area contributed by atoms with Gasteiger partial charge in [0.15, 0.2) is 11.5 Å². The van der Waals surface area contributed by atoms with Crippen molar-refractivity contribution in [3.63, 3.8) is 0 Å². The van der Waals surface area contributed by atoms with Gasteiger partial charge in [0.1, 0.15) is 5.75 Å². The summed E-state index contributed by atoms with van der Waals surface area (Å²) in [6.45, 7) is 3.88. The van der Waals surface area contributed by atoms with Crippen molar-refractivity contribution < 1.29 is 38.7 Å². The monoisotopic (exact) mass is 468 g/mol. The largest absolute Gasteiger partial charge is 0.504 e. The van der Waals surface area contributed by atoms with Crippen LogP contribution in [0.4, 0.5) is 0 Å². The van der Waals surface area contributed by atoms with Crippen molar-refractivity contribution in [1.82, 2.24) is 0 Å². The van der Waals surface area contributed by atoms with Gasteiger partial charge in [-0.3, -0.25) is 0 Å². The minimum Gasteiger partial charge on any atom is -0.504 e. The fourth-order valence-corrected chi connectivity index (χ4v) is 3.93. The number of aliphatic hydroxyl groups excluding tert-OH is 1. The SMILES string of the molecule is COC(=O)C1(Cc2cc(CC=C(C)C)c(O)c(OC)c2)OC(=O)C(O)=C1c1ccc(OC)cc1. The fourth-order valence-electron chi connectivity index (χ4n) is 3.93. The zero-order valence-corrected chi connectivity index (χ0v) is 19.8. The Bertz CT molecular complexity index is 1160. The molecule has 2 N–H and O–H groups in total. The van der Waals surface area contributed by atoms with E-state index in [4.69, 9.17) is 18.9 Å². The van der Waals surface area contributed by atoms with Crippen molar-refractivity contribution in [3.05, 3.63) is 70.5 Å². The number of benzene rings is 2. The lowest BCUT2D eigenvalue weighted by Gasteiger charge is -2.28. The van der Waals surface area contributed by atoms with E-state index in [2.05, 4.69) is 0 Å². The number of hydrogen-bond donors (Lipinski definition) is 2. The standard InChI is InChI=1S/C26H28O8/c1-15(2)6-7-18-12-16(13-20(32-4)22(18)27)14-26(25(30)33-5)21(23(28)24(29)34-26)17-8-10-19(31-3)11-9-17/h6,8-13,27-28H,7,14H2,1-5H3. The Balaban J connectivity index is 2.16. The third-order valence-electron chi connectivity index (χ3n) is 5.61. The summed E-state index contributed by atoms with van der Waals surface area (Å²) in [4.78, 5) is 25.6. The first-order valence-electron chi connectivity index (χ1n) is 10.6. The molecule has 1 aliphatic rings. The number of methoxy groups -OCH3 is 3. The topological polar surface area (TPSA) is 112 Å². The lowest BCUT2D eigenvalue weighted by Crippen LogP contribution is -2.44. The summed E-state index contributed by atoms with van der Waals surface area (Å²) >= 11 is 0. The molecule has 0 bridgehead atoms. The summed E-state index contributed by atoms with van der Waals surface area (Å²) in [5, 5.41) is 21.2. The zero-order valence-electron chi connectivity index (χ0n) is 19.8. The zero-order chi connectivity index (χ0) is 25.0. The van der Waals surface area contributed by atoms with Crippen molar-refractivity contribution in [1.29, 1.82) is 0 Å². The van der Waals surface area contributed by atoms with Crippen LogP contribution < -0.4 is 9.47 Å². The summed E-state index contributed by atoms with van der Waals surface area (Å²) < 4.78 is 21.0. The second-order valence-corrected chi connectivity index (χ2v) is 8.13. The van der Waals surface area contributed by atoms with Crippen LogP contribution in [0.5, 0.6) is 17.2 Å². The van der Waals surface area contributed by atoms with Crippen LogP contribution in [-0.2, 0) is 31.9 Å². The average Bonchev–Trinajstić information content (AvgIpc) is 3.08. The van der Waals surface area contributed by atoms with Gasteiger partial charge in [-0.15, -0.1) is 0 Å². The molecule has 1 aliphatic heterocycles. The molecule has 0 saturated heterocycles. The second-order valence-electron chi connectivity index (χ2n) is 8.13. The van der Waals surface area contributed by atoms with Gasteiger partial charge in [-0.05, 0) is 49.6 Å². The molecule has 180 valence electrons. The Morgan fingerprint density at radius 1 is 1.06 bits per heavy atom. The van der Waals surface area contributed by atoms with Crippen molar-refractivity contribution >= 4 is 17.5 Å². The van der Waals surface area contributed by atoms with E-state index in [1.54, 1.807) is 36.4 Å². The summed E-state index contributed by atoms with van der Waals surface area (Å²) in [7, 11) is 4.11. The number of aliphatic hydroxyl groups is 1. The molecular weight excluding hydrogens is 440 g/mol. The predicted molar refractivity (Wildman–Crippen MR) is 125 cm³/mol. The highest BCUT2D eigenvalue weighted by atomic mass is 16.6. The van der Waals surface area contributed by atoms with Gasteiger partial charge in [0.25, 0.3) is 0 Å². The van der Waals surface area contributed by atoms with Crippen LogP contribution in [0.15, 0.2) is 53.8 Å². The number of phenolic OH excluding ortho intramolecular Hbond substituents is 1. The number of hydrogen-bond acceptors (Lipinski definition) is 8. The number of ether oxygens (including phenoxy) is 4. The second kappa shape index (κ2) is 9.91. The van der Waals surface area contributed by atoms with E-state index in [0.717, 1.165) is 5.57 Å². The smallest absolute Gasteiger partial charge is 0.375 e. The van der Waals surface area contributed by atoms with Crippen LogP contribution in [0.3, 0.4) is 0 Å². The molecule has 34 heavy (non-hydrogen) atoms. The van der Waals surface area contributed by atoms with Crippen LogP contribution in [0.25, 0.3) is 5.57 Å². The molecule has 0 aliphatic carbocycles. The minimum atomic E-state index is -1.94. The minimum absolute atomic E-state index is 0.00936. The summed E-state index contributed by atoms with van der Waals surface area (Å²) in [5.74, 6) is -1.82. The summed E-state index contributed by atoms with van der Waals surface area (Å²) in [6, 6.07) is 9.77. The van der Waals surface area contributed by atoms with Crippen molar-refractivity contribution in [2.45, 2.75) is 32.3 Å². The first-order valence-corrected chi connectivity index (χ1v) is 10.6. The Morgan fingerprint density at radius 2 is 1.74 bits per heavy atom. The molecule has 0 fully saturated rings. The number of cyclic esters (lactones) is 1. The lowest BCUT2D eigenvalue weighted by atomic mass is 9.82. The van der Waals surface area contributed by atoms with Gasteiger partial charge in [-0.2, -0.15) is 0 Å². The van der Waals surface area contributed by atoms with E-state index < -0.39 is 23.3 Å². The molecule has 1 unspecified atom stereocenters. The van der Waals surface area contributed by atoms with Crippen LogP contribution in [0.2, 0.25) is 0 Å². The van der Waals surface area contributed by atoms with Gasteiger partial charge in [-0.1, -0.05) is 29.8 Å². The van der Waals surface area contributed by atoms with Gasteiger partial charge in [0.05, 0.1) is 26.9 Å². The van der Waals surface area contributed by atoms with Crippen LogP contribution in [0, 0.1) is 0 Å². The van der Waals surface area contributed by atoms with Gasteiger partial charge in [-0.25, -0.2) is 9.59 Å². The quantitative estimate of drug-likeness (QED) is 0.443. The number of esters is 2. The number of carbonyl (C=O) groups is 2. The number of carbonyl (C=O) groups excluding carboxylic acids is 2. The van der Waals surface area contributed by atoms with Crippen LogP contribution in [0.1, 0.15) is 30.5 Å². The maximum absolute atomic E-state index is 13.1. The first kappa shape index (κ1) is 24.7. The third-order valence-corrected chi connectivity index (χ3v) is 5.61. The fraction of sp³-hybridized carbons (Fsp3) is 0.308. The van der Waals surface area contributed by atoms with Crippen LogP contribution >= 0.6 is 0 Å². The lowest BCUT2D eigenvalue weighted by molar-refractivity contribution is -0.169. The Morgan fingerprint density at radius 3 is 2.29 bits per heavy atom. The van der Waals surface area contributed by atoms with Crippen molar-refractivity contribution in [2.75, 3.05) is 21.3 Å². The molecule has 0 aromatic heterocycles. The molecule has 0 amide bonds. The first-order chi connectivity index (χ1) is 16.2. The molecule has 1 atom stereocenters. The maximum Gasteiger partial charge on any atom is 0.375 e. The van der Waals surface area contributed by atoms with Gasteiger partial charge >= 0.3 is 11.9 Å². The van der Waals surface area contributed by atoms with E-state index in [1.807, 2.05) is 19.9 Å². The summed E-state index contributed by atoms with van der Waals surface area (Å²) in [5.41, 5.74) is 0.606. The highest BCUT2D eigenvalue weighted by Gasteiger charge is 2.55. The third kappa shape index (κ3) is 4.57. The van der Waals surface area contributed by atoms with Crippen molar-refractivity contribution in [2.24, 2.45) is 0 Å². The van der Waals surface area contributed by atoms with Gasteiger partial charge < -0.3 is 29.2 Å². The van der Waals surface area contributed by atoms with E-state index >= 15 is 0 Å². The van der Waals surface area contributed by atoms with E-state index in [1.165, 1.54) is 21.3 Å². The van der Waals surface area contributed by atoms with Crippen LogP contribution in [-0.4, -0.2) is 49.1 Å². The van der Waals surface area contributed by atoms with E-state index in [0.29, 0.717) is 28.9 Å². The normalized spacial score (nSPS) is 17.3. The number of aromatic hydroxyl groups is 1.